The number of carbonyl (C=O) groups is 1. The van der Waals surface area contributed by atoms with Crippen LogP contribution in [0.5, 0.6) is 0 Å². The van der Waals surface area contributed by atoms with Crippen molar-refractivity contribution in [2.75, 3.05) is 10.7 Å². The standard InChI is InChI=1S/C14H14F3NO3S/c1-2-10-5-3-4-6-12(10)18(13(19)14(15,16)17)11-7-8-22(20,21)9-11/h3-8,11H,2,9H2,1H3. The number of rotatable bonds is 3. The molecule has 0 aromatic heterocycles. The molecule has 1 atom stereocenters. The van der Waals surface area contributed by atoms with Crippen LogP contribution < -0.4 is 4.90 Å². The maximum atomic E-state index is 12.9. The van der Waals surface area contributed by atoms with E-state index in [9.17, 15) is 26.4 Å². The Balaban J connectivity index is 2.52. The first-order valence-corrected chi connectivity index (χ1v) is 8.26. The molecule has 1 amide bonds. The van der Waals surface area contributed by atoms with Gasteiger partial charge in [-0.25, -0.2) is 8.42 Å². The van der Waals surface area contributed by atoms with Gasteiger partial charge < -0.3 is 0 Å². The molecular formula is C14H14F3NO3S. The lowest BCUT2D eigenvalue weighted by molar-refractivity contribution is -0.170. The Bertz CT molecular complexity index is 710. The topological polar surface area (TPSA) is 54.5 Å². The molecule has 4 nitrogen and oxygen atoms in total. The first-order valence-electron chi connectivity index (χ1n) is 6.55. The van der Waals surface area contributed by atoms with Crippen LogP contribution in [0.4, 0.5) is 18.9 Å². The third kappa shape index (κ3) is 3.32. The Morgan fingerprint density at radius 1 is 1.32 bits per heavy atom. The van der Waals surface area contributed by atoms with Crippen molar-refractivity contribution in [3.05, 3.63) is 41.3 Å². The minimum Gasteiger partial charge on any atom is -0.296 e. The summed E-state index contributed by atoms with van der Waals surface area (Å²) >= 11 is 0. The van der Waals surface area contributed by atoms with E-state index in [2.05, 4.69) is 0 Å². The van der Waals surface area contributed by atoms with Crippen LogP contribution in [0.2, 0.25) is 0 Å². The van der Waals surface area contributed by atoms with E-state index in [1.165, 1.54) is 12.1 Å². The number of carbonyl (C=O) groups excluding carboxylic acids is 1. The Morgan fingerprint density at radius 3 is 2.45 bits per heavy atom. The molecule has 0 fully saturated rings. The Kier molecular flexibility index (Phi) is 4.32. The van der Waals surface area contributed by atoms with Crippen molar-refractivity contribution in [2.45, 2.75) is 25.6 Å². The molecule has 1 aliphatic rings. The van der Waals surface area contributed by atoms with Crippen molar-refractivity contribution in [1.82, 2.24) is 0 Å². The molecule has 1 aliphatic heterocycles. The fraction of sp³-hybridized carbons (Fsp3) is 0.357. The smallest absolute Gasteiger partial charge is 0.296 e. The van der Waals surface area contributed by atoms with Gasteiger partial charge in [0.15, 0.2) is 9.84 Å². The second-order valence-electron chi connectivity index (χ2n) is 4.88. The second-order valence-corrected chi connectivity index (χ2v) is 6.81. The van der Waals surface area contributed by atoms with Crippen LogP contribution in [0, 0.1) is 0 Å². The third-order valence-electron chi connectivity index (χ3n) is 3.34. The summed E-state index contributed by atoms with van der Waals surface area (Å²) < 4.78 is 61.7. The normalized spacial score (nSPS) is 20.1. The van der Waals surface area contributed by atoms with E-state index < -0.39 is 33.7 Å². The molecule has 0 saturated heterocycles. The van der Waals surface area contributed by atoms with Gasteiger partial charge >= 0.3 is 12.1 Å². The van der Waals surface area contributed by atoms with E-state index in [0.717, 1.165) is 11.5 Å². The lowest BCUT2D eigenvalue weighted by atomic mass is 10.1. The van der Waals surface area contributed by atoms with Crippen LogP contribution in [-0.4, -0.2) is 32.3 Å². The molecule has 1 unspecified atom stereocenters. The number of anilines is 1. The molecule has 22 heavy (non-hydrogen) atoms. The summed E-state index contributed by atoms with van der Waals surface area (Å²) in [5.74, 6) is -2.62. The van der Waals surface area contributed by atoms with Crippen molar-refractivity contribution in [2.24, 2.45) is 0 Å². The number of halogens is 3. The highest BCUT2D eigenvalue weighted by atomic mass is 32.2. The lowest BCUT2D eigenvalue weighted by Gasteiger charge is -2.30. The molecule has 0 spiro atoms. The number of para-hydroxylation sites is 1. The Labute approximate surface area is 126 Å². The number of amides is 1. The zero-order valence-corrected chi connectivity index (χ0v) is 12.5. The van der Waals surface area contributed by atoms with Gasteiger partial charge in [0.25, 0.3) is 0 Å². The average molecular weight is 333 g/mol. The van der Waals surface area contributed by atoms with Gasteiger partial charge in [0, 0.05) is 11.1 Å². The van der Waals surface area contributed by atoms with E-state index in [4.69, 9.17) is 0 Å². The summed E-state index contributed by atoms with van der Waals surface area (Å²) in [5.41, 5.74) is 0.622. The highest BCUT2D eigenvalue weighted by Gasteiger charge is 2.46. The van der Waals surface area contributed by atoms with Crippen molar-refractivity contribution < 1.29 is 26.4 Å². The second kappa shape index (κ2) is 5.75. The highest BCUT2D eigenvalue weighted by molar-refractivity contribution is 7.94. The van der Waals surface area contributed by atoms with Gasteiger partial charge in [-0.1, -0.05) is 25.1 Å². The van der Waals surface area contributed by atoms with E-state index >= 15 is 0 Å². The summed E-state index contributed by atoms with van der Waals surface area (Å²) in [6, 6.07) is 5.00. The molecule has 0 aliphatic carbocycles. The fourth-order valence-electron chi connectivity index (χ4n) is 2.34. The largest absolute Gasteiger partial charge is 0.471 e. The fourth-order valence-corrected chi connectivity index (χ4v) is 3.61. The summed E-state index contributed by atoms with van der Waals surface area (Å²) in [6.45, 7) is 1.75. The van der Waals surface area contributed by atoms with Gasteiger partial charge in [-0.3, -0.25) is 9.69 Å². The lowest BCUT2D eigenvalue weighted by Crippen LogP contribution is -2.48. The van der Waals surface area contributed by atoms with Gasteiger partial charge in [-0.05, 0) is 24.1 Å². The van der Waals surface area contributed by atoms with Gasteiger partial charge in [0.05, 0.1) is 11.8 Å². The molecule has 0 saturated carbocycles. The molecule has 8 heteroatoms. The van der Waals surface area contributed by atoms with Crippen molar-refractivity contribution >= 4 is 21.4 Å². The molecular weight excluding hydrogens is 319 g/mol. The number of hydrogen-bond acceptors (Lipinski definition) is 3. The molecule has 0 radical (unpaired) electrons. The molecule has 0 bridgehead atoms. The number of aryl methyl sites for hydroxylation is 1. The molecule has 0 N–H and O–H groups in total. The van der Waals surface area contributed by atoms with Gasteiger partial charge in [-0.15, -0.1) is 0 Å². The predicted molar refractivity (Wildman–Crippen MR) is 76.1 cm³/mol. The van der Waals surface area contributed by atoms with Crippen LogP contribution in [0.15, 0.2) is 35.7 Å². The molecule has 120 valence electrons. The van der Waals surface area contributed by atoms with Gasteiger partial charge in [-0.2, -0.15) is 13.2 Å². The van der Waals surface area contributed by atoms with Gasteiger partial charge in [0.1, 0.15) is 0 Å². The molecule has 2 rings (SSSR count). The maximum absolute atomic E-state index is 12.9. The number of hydrogen-bond donors (Lipinski definition) is 0. The summed E-state index contributed by atoms with van der Waals surface area (Å²) in [4.78, 5) is 12.3. The van der Waals surface area contributed by atoms with Crippen LogP contribution in [-0.2, 0) is 21.1 Å². The van der Waals surface area contributed by atoms with Crippen LogP contribution in [0.25, 0.3) is 0 Å². The Hall–Kier alpha value is -1.83. The zero-order valence-electron chi connectivity index (χ0n) is 11.7. The number of benzene rings is 1. The van der Waals surface area contributed by atoms with Crippen molar-refractivity contribution in [1.29, 1.82) is 0 Å². The summed E-state index contributed by atoms with van der Waals surface area (Å²) in [6.07, 6.45) is -3.55. The SMILES string of the molecule is CCc1ccccc1N(C(=O)C(F)(F)F)C1C=CS(=O)(=O)C1. The quantitative estimate of drug-likeness (QED) is 0.854. The number of alkyl halides is 3. The first-order chi connectivity index (χ1) is 10.2. The van der Waals surface area contributed by atoms with Crippen LogP contribution in [0.1, 0.15) is 12.5 Å². The summed E-state index contributed by atoms with van der Waals surface area (Å²) in [7, 11) is -3.59. The third-order valence-corrected chi connectivity index (χ3v) is 4.71. The van der Waals surface area contributed by atoms with Gasteiger partial charge in [0.2, 0.25) is 0 Å². The number of nitrogens with zero attached hydrogens (tertiary/aromatic N) is 1. The average Bonchev–Trinajstić information content (AvgIpc) is 2.78. The minimum absolute atomic E-state index is 0.0825. The van der Waals surface area contributed by atoms with E-state index in [-0.39, 0.29) is 5.69 Å². The maximum Gasteiger partial charge on any atom is 0.471 e. The monoisotopic (exact) mass is 333 g/mol. The van der Waals surface area contributed by atoms with Crippen molar-refractivity contribution in [3.8, 4) is 0 Å². The summed E-state index contributed by atoms with van der Waals surface area (Å²) in [5, 5.41) is 0.850. The zero-order chi connectivity index (χ0) is 16.5. The number of sulfone groups is 1. The first kappa shape index (κ1) is 16.5. The minimum atomic E-state index is -5.08. The van der Waals surface area contributed by atoms with E-state index in [0.29, 0.717) is 16.9 Å². The molecule has 1 aromatic carbocycles. The van der Waals surface area contributed by atoms with Crippen LogP contribution >= 0.6 is 0 Å². The Morgan fingerprint density at radius 2 is 1.95 bits per heavy atom. The molecule has 1 aromatic rings. The van der Waals surface area contributed by atoms with Crippen molar-refractivity contribution in [3.63, 3.8) is 0 Å². The van der Waals surface area contributed by atoms with Crippen LogP contribution in [0.3, 0.4) is 0 Å². The highest BCUT2D eigenvalue weighted by Crippen LogP contribution is 2.31. The van der Waals surface area contributed by atoms with E-state index in [1.807, 2.05) is 0 Å². The van der Waals surface area contributed by atoms with E-state index in [1.54, 1.807) is 19.1 Å². The molecule has 1 heterocycles. The predicted octanol–water partition coefficient (Wildman–Crippen LogP) is 2.46.